The van der Waals surface area contributed by atoms with E-state index in [1.165, 1.54) is 16.7 Å². The molecular weight excluding hydrogens is 262 g/mol. The van der Waals surface area contributed by atoms with Crippen molar-refractivity contribution >= 4 is 0 Å². The van der Waals surface area contributed by atoms with Crippen LogP contribution in [0.4, 0.5) is 0 Å². The topological polar surface area (TPSA) is 30.5 Å². The van der Waals surface area contributed by atoms with Gasteiger partial charge in [0, 0.05) is 32.2 Å². The summed E-state index contributed by atoms with van der Waals surface area (Å²) in [5.41, 5.74) is 4.32. The Morgan fingerprint density at radius 2 is 2.00 bits per heavy atom. The van der Waals surface area contributed by atoms with Crippen LogP contribution in [0.5, 0.6) is 0 Å². The maximum absolute atomic E-state index is 5.89. The molecule has 0 amide bonds. The van der Waals surface area contributed by atoms with Crippen molar-refractivity contribution in [3.8, 4) is 0 Å². The summed E-state index contributed by atoms with van der Waals surface area (Å²) in [4.78, 5) is 0. The van der Waals surface area contributed by atoms with Gasteiger partial charge in [-0.3, -0.25) is 0 Å². The van der Waals surface area contributed by atoms with Crippen LogP contribution in [0.25, 0.3) is 0 Å². The zero-order valence-corrected chi connectivity index (χ0v) is 13.9. The predicted molar refractivity (Wildman–Crippen MR) is 86.8 cm³/mol. The average molecular weight is 291 g/mol. The fourth-order valence-electron chi connectivity index (χ4n) is 3.43. The maximum Gasteiger partial charge on any atom is 0.0619 e. The summed E-state index contributed by atoms with van der Waals surface area (Å²) in [7, 11) is 1.74. The second kappa shape index (κ2) is 7.39. The van der Waals surface area contributed by atoms with Crippen molar-refractivity contribution < 1.29 is 9.47 Å². The van der Waals surface area contributed by atoms with Gasteiger partial charge in [0.1, 0.15) is 0 Å². The molecular formula is C18H29NO2. The van der Waals surface area contributed by atoms with E-state index in [0.717, 1.165) is 39.1 Å². The summed E-state index contributed by atoms with van der Waals surface area (Å²) in [5, 5.41) is 3.54. The summed E-state index contributed by atoms with van der Waals surface area (Å²) in [5.74, 6) is 0. The van der Waals surface area contributed by atoms with E-state index in [1.807, 2.05) is 0 Å². The van der Waals surface area contributed by atoms with Crippen LogP contribution in [0.1, 0.15) is 30.0 Å². The molecule has 0 aliphatic carbocycles. The van der Waals surface area contributed by atoms with Crippen molar-refractivity contribution in [2.24, 2.45) is 5.41 Å². The molecule has 1 fully saturated rings. The Kier molecular flexibility index (Phi) is 5.80. The molecule has 1 aliphatic heterocycles. The number of aryl methyl sites for hydroxylation is 2. The quantitative estimate of drug-likeness (QED) is 0.784. The molecule has 3 heteroatoms. The SMILES string of the molecule is COCCNCC1(Cc2cc(C)cc(C)c2)CCOC1C. The van der Waals surface area contributed by atoms with Gasteiger partial charge in [0.2, 0.25) is 0 Å². The van der Waals surface area contributed by atoms with Gasteiger partial charge >= 0.3 is 0 Å². The first-order valence-corrected chi connectivity index (χ1v) is 7.94. The maximum atomic E-state index is 5.89. The van der Waals surface area contributed by atoms with E-state index in [1.54, 1.807) is 7.11 Å². The highest BCUT2D eigenvalue weighted by molar-refractivity contribution is 5.29. The molecule has 1 saturated heterocycles. The largest absolute Gasteiger partial charge is 0.383 e. The Labute approximate surface area is 129 Å². The van der Waals surface area contributed by atoms with Crippen LogP contribution in [0.3, 0.4) is 0 Å². The fourth-order valence-corrected chi connectivity index (χ4v) is 3.43. The molecule has 1 N–H and O–H groups in total. The highest BCUT2D eigenvalue weighted by Gasteiger charge is 2.41. The minimum absolute atomic E-state index is 0.202. The summed E-state index contributed by atoms with van der Waals surface area (Å²) < 4.78 is 11.0. The van der Waals surface area contributed by atoms with E-state index >= 15 is 0 Å². The monoisotopic (exact) mass is 291 g/mol. The van der Waals surface area contributed by atoms with Gasteiger partial charge in [-0.1, -0.05) is 29.3 Å². The molecule has 0 spiro atoms. The van der Waals surface area contributed by atoms with Crippen molar-refractivity contribution in [2.75, 3.05) is 33.4 Å². The molecule has 3 nitrogen and oxygen atoms in total. The zero-order valence-electron chi connectivity index (χ0n) is 13.9. The van der Waals surface area contributed by atoms with E-state index < -0.39 is 0 Å². The number of ether oxygens (including phenoxy) is 2. The molecule has 2 rings (SSSR count). The first-order valence-electron chi connectivity index (χ1n) is 7.94. The minimum atomic E-state index is 0.202. The van der Waals surface area contributed by atoms with Crippen molar-refractivity contribution in [1.82, 2.24) is 5.32 Å². The summed E-state index contributed by atoms with van der Waals surface area (Å²) in [6.07, 6.45) is 2.51. The van der Waals surface area contributed by atoms with Gasteiger partial charge in [-0.05, 0) is 39.2 Å². The lowest BCUT2D eigenvalue weighted by Gasteiger charge is -2.33. The molecule has 2 unspecified atom stereocenters. The van der Waals surface area contributed by atoms with Crippen LogP contribution in [0.15, 0.2) is 18.2 Å². The second-order valence-corrected chi connectivity index (χ2v) is 6.47. The summed E-state index contributed by atoms with van der Waals surface area (Å²) >= 11 is 0. The Bertz CT molecular complexity index is 440. The normalized spacial score (nSPS) is 25.4. The van der Waals surface area contributed by atoms with Crippen LogP contribution in [-0.2, 0) is 15.9 Å². The van der Waals surface area contributed by atoms with Crippen molar-refractivity contribution in [1.29, 1.82) is 0 Å². The lowest BCUT2D eigenvalue weighted by atomic mass is 9.76. The zero-order chi connectivity index (χ0) is 15.3. The van der Waals surface area contributed by atoms with Crippen LogP contribution < -0.4 is 5.32 Å². The Balaban J connectivity index is 2.08. The van der Waals surface area contributed by atoms with Crippen LogP contribution in [0.2, 0.25) is 0 Å². The van der Waals surface area contributed by atoms with Gasteiger partial charge in [-0.2, -0.15) is 0 Å². The first-order chi connectivity index (χ1) is 10.1. The van der Waals surface area contributed by atoms with Crippen molar-refractivity contribution in [2.45, 2.75) is 39.7 Å². The lowest BCUT2D eigenvalue weighted by Crippen LogP contribution is -2.42. The molecule has 1 aromatic carbocycles. The van der Waals surface area contributed by atoms with Crippen molar-refractivity contribution in [3.05, 3.63) is 34.9 Å². The van der Waals surface area contributed by atoms with E-state index in [-0.39, 0.29) is 5.41 Å². The summed E-state index contributed by atoms with van der Waals surface area (Å²) in [6, 6.07) is 6.87. The van der Waals surface area contributed by atoms with Crippen LogP contribution >= 0.6 is 0 Å². The third-order valence-corrected chi connectivity index (χ3v) is 4.63. The third-order valence-electron chi connectivity index (χ3n) is 4.63. The van der Waals surface area contributed by atoms with E-state index in [2.05, 4.69) is 44.3 Å². The third kappa shape index (κ3) is 4.29. The molecule has 0 radical (unpaired) electrons. The van der Waals surface area contributed by atoms with Gasteiger partial charge in [0.15, 0.2) is 0 Å². The molecule has 0 saturated carbocycles. The predicted octanol–water partition coefficient (Wildman–Crippen LogP) is 2.88. The highest BCUT2D eigenvalue weighted by Crippen LogP contribution is 2.38. The minimum Gasteiger partial charge on any atom is -0.383 e. The average Bonchev–Trinajstić information content (AvgIpc) is 2.75. The first kappa shape index (κ1) is 16.5. The van der Waals surface area contributed by atoms with Gasteiger partial charge < -0.3 is 14.8 Å². The van der Waals surface area contributed by atoms with Gasteiger partial charge in [-0.25, -0.2) is 0 Å². The number of hydrogen-bond acceptors (Lipinski definition) is 3. The number of benzene rings is 1. The van der Waals surface area contributed by atoms with Crippen LogP contribution in [0, 0.1) is 19.3 Å². The second-order valence-electron chi connectivity index (χ2n) is 6.47. The van der Waals surface area contributed by atoms with Gasteiger partial charge in [0.05, 0.1) is 12.7 Å². The highest BCUT2D eigenvalue weighted by atomic mass is 16.5. The van der Waals surface area contributed by atoms with E-state index in [0.29, 0.717) is 6.10 Å². The van der Waals surface area contributed by atoms with Gasteiger partial charge in [-0.15, -0.1) is 0 Å². The molecule has 1 aromatic rings. The molecule has 118 valence electrons. The number of nitrogens with one attached hydrogen (secondary N) is 1. The summed E-state index contributed by atoms with van der Waals surface area (Å²) in [6.45, 7) is 10.1. The Hall–Kier alpha value is -0.900. The Morgan fingerprint density at radius 1 is 1.29 bits per heavy atom. The molecule has 1 heterocycles. The molecule has 21 heavy (non-hydrogen) atoms. The van der Waals surface area contributed by atoms with Crippen LogP contribution in [-0.4, -0.2) is 39.5 Å². The Morgan fingerprint density at radius 3 is 2.57 bits per heavy atom. The lowest BCUT2D eigenvalue weighted by molar-refractivity contribution is 0.0619. The molecule has 0 bridgehead atoms. The van der Waals surface area contributed by atoms with Crippen molar-refractivity contribution in [3.63, 3.8) is 0 Å². The standard InChI is InChI=1S/C18H29NO2/c1-14-9-15(2)11-17(10-14)12-18(5-7-21-16(18)3)13-19-6-8-20-4/h9-11,16,19H,5-8,12-13H2,1-4H3. The molecule has 0 aromatic heterocycles. The fraction of sp³-hybridized carbons (Fsp3) is 0.667. The molecule has 1 aliphatic rings. The number of hydrogen-bond donors (Lipinski definition) is 1. The number of rotatable bonds is 7. The van der Waals surface area contributed by atoms with E-state index in [9.17, 15) is 0 Å². The van der Waals surface area contributed by atoms with Gasteiger partial charge in [0.25, 0.3) is 0 Å². The van der Waals surface area contributed by atoms with E-state index in [4.69, 9.17) is 9.47 Å². The smallest absolute Gasteiger partial charge is 0.0619 e. The number of methoxy groups -OCH3 is 1. The molecule has 2 atom stereocenters.